The molecule has 4 nitrogen and oxygen atoms in total. The van der Waals surface area contributed by atoms with Gasteiger partial charge in [-0.15, -0.1) is 0 Å². The normalized spacial score (nSPS) is 12.1. The van der Waals surface area contributed by atoms with E-state index in [9.17, 15) is 13.2 Å². The number of rotatable bonds is 5. The number of aromatic nitrogens is 3. The zero-order valence-electron chi connectivity index (χ0n) is 11.9. The van der Waals surface area contributed by atoms with Crippen LogP contribution in [0.3, 0.4) is 0 Å². The largest absolute Gasteiger partial charge is 0.435 e. The Morgan fingerprint density at radius 1 is 1.29 bits per heavy atom. The average molecular weight is 298 g/mol. The van der Waals surface area contributed by atoms with Gasteiger partial charge in [0.25, 0.3) is 0 Å². The lowest BCUT2D eigenvalue weighted by Crippen LogP contribution is -2.19. The highest BCUT2D eigenvalue weighted by Gasteiger charge is 2.33. The number of nitrogens with one attached hydrogen (secondary N) is 1. The second-order valence-corrected chi connectivity index (χ2v) is 5.17. The Balaban J connectivity index is 2.12. The number of hydrogen-bond donors (Lipinski definition) is 1. The van der Waals surface area contributed by atoms with Gasteiger partial charge in [0.1, 0.15) is 0 Å². The monoisotopic (exact) mass is 298 g/mol. The molecule has 0 amide bonds. The summed E-state index contributed by atoms with van der Waals surface area (Å²) in [6.07, 6.45) is -1.57. The molecule has 2 aromatic heterocycles. The van der Waals surface area contributed by atoms with Crippen LogP contribution < -0.4 is 5.32 Å². The van der Waals surface area contributed by atoms with Gasteiger partial charge < -0.3 is 5.32 Å². The molecule has 0 unspecified atom stereocenters. The van der Waals surface area contributed by atoms with Gasteiger partial charge in [-0.1, -0.05) is 13.8 Å². The molecule has 0 aliphatic heterocycles. The maximum atomic E-state index is 12.5. The summed E-state index contributed by atoms with van der Waals surface area (Å²) in [6, 6.07) is 4.30. The number of hydrogen-bond acceptors (Lipinski definition) is 3. The van der Waals surface area contributed by atoms with Crippen LogP contribution in [0.2, 0.25) is 0 Å². The van der Waals surface area contributed by atoms with Crippen molar-refractivity contribution < 1.29 is 13.2 Å². The van der Waals surface area contributed by atoms with Gasteiger partial charge in [0.2, 0.25) is 0 Å². The fourth-order valence-electron chi connectivity index (χ4n) is 1.81. The fraction of sp³-hybridized carbons (Fsp3) is 0.429. The number of pyridine rings is 1. The Kier molecular flexibility index (Phi) is 4.62. The van der Waals surface area contributed by atoms with Crippen LogP contribution in [0.25, 0.3) is 5.69 Å². The summed E-state index contributed by atoms with van der Waals surface area (Å²) in [4.78, 5) is 4.19. The molecular formula is C14H17F3N4. The molecule has 0 radical (unpaired) electrons. The van der Waals surface area contributed by atoms with Crippen molar-refractivity contribution in [1.29, 1.82) is 0 Å². The first kappa shape index (κ1) is 15.5. The topological polar surface area (TPSA) is 42.7 Å². The highest BCUT2D eigenvalue weighted by molar-refractivity contribution is 5.31. The number of nitrogens with zero attached hydrogens (tertiary/aromatic N) is 3. The molecule has 0 aromatic carbocycles. The van der Waals surface area contributed by atoms with Crippen LogP contribution in [0.1, 0.15) is 25.2 Å². The van der Waals surface area contributed by atoms with Crippen LogP contribution in [0.15, 0.2) is 30.6 Å². The summed E-state index contributed by atoms with van der Waals surface area (Å²) >= 11 is 0. The molecule has 0 saturated heterocycles. The smallest absolute Gasteiger partial charge is 0.311 e. The van der Waals surface area contributed by atoms with Crippen molar-refractivity contribution in [1.82, 2.24) is 20.1 Å². The van der Waals surface area contributed by atoms with Crippen LogP contribution >= 0.6 is 0 Å². The van der Waals surface area contributed by atoms with E-state index >= 15 is 0 Å². The minimum absolute atomic E-state index is 0.522. The van der Waals surface area contributed by atoms with E-state index in [0.717, 1.165) is 18.3 Å². The van der Waals surface area contributed by atoms with Crippen molar-refractivity contribution in [2.45, 2.75) is 26.6 Å². The van der Waals surface area contributed by atoms with Crippen LogP contribution in [-0.4, -0.2) is 21.3 Å². The van der Waals surface area contributed by atoms with Gasteiger partial charge in [-0.05, 0) is 30.7 Å². The van der Waals surface area contributed by atoms with E-state index in [4.69, 9.17) is 0 Å². The third-order valence-corrected chi connectivity index (χ3v) is 2.80. The van der Waals surface area contributed by atoms with E-state index < -0.39 is 11.9 Å². The number of alkyl halides is 3. The average Bonchev–Trinajstić information content (AvgIpc) is 2.88. The molecule has 21 heavy (non-hydrogen) atoms. The molecule has 1 N–H and O–H groups in total. The second-order valence-electron chi connectivity index (χ2n) is 5.17. The molecule has 0 aliphatic carbocycles. The molecule has 0 aliphatic rings. The molecule has 2 rings (SSSR count). The van der Waals surface area contributed by atoms with Gasteiger partial charge in [-0.2, -0.15) is 18.3 Å². The van der Waals surface area contributed by atoms with E-state index in [1.165, 1.54) is 10.9 Å². The van der Waals surface area contributed by atoms with E-state index in [2.05, 4.69) is 29.2 Å². The standard InChI is InChI=1S/C14H17F3N4/c1-10(2)8-18-9-11-7-12(3-5-19-11)21-6-4-13(20-21)14(15,16)17/h3-7,10,18H,8-9H2,1-2H3. The van der Waals surface area contributed by atoms with Crippen molar-refractivity contribution >= 4 is 0 Å². The molecule has 2 aromatic rings. The maximum Gasteiger partial charge on any atom is 0.435 e. The van der Waals surface area contributed by atoms with E-state index in [-0.39, 0.29) is 0 Å². The lowest BCUT2D eigenvalue weighted by atomic mass is 10.2. The lowest BCUT2D eigenvalue weighted by molar-refractivity contribution is -0.141. The molecular weight excluding hydrogens is 281 g/mol. The maximum absolute atomic E-state index is 12.5. The third-order valence-electron chi connectivity index (χ3n) is 2.80. The lowest BCUT2D eigenvalue weighted by Gasteiger charge is -2.08. The summed E-state index contributed by atoms with van der Waals surface area (Å²) in [7, 11) is 0. The molecule has 0 saturated carbocycles. The van der Waals surface area contributed by atoms with Crippen molar-refractivity contribution in [3.05, 3.63) is 42.0 Å². The Bertz CT molecular complexity index is 590. The summed E-state index contributed by atoms with van der Waals surface area (Å²) < 4.78 is 38.8. The highest BCUT2D eigenvalue weighted by Crippen LogP contribution is 2.27. The fourth-order valence-corrected chi connectivity index (χ4v) is 1.81. The number of halogens is 3. The Morgan fingerprint density at radius 2 is 2.05 bits per heavy atom. The highest BCUT2D eigenvalue weighted by atomic mass is 19.4. The van der Waals surface area contributed by atoms with Gasteiger partial charge in [0, 0.05) is 18.9 Å². The van der Waals surface area contributed by atoms with Crippen LogP contribution in [0.4, 0.5) is 13.2 Å². The SMILES string of the molecule is CC(C)CNCc1cc(-n2ccc(C(F)(F)F)n2)ccn1. The zero-order valence-corrected chi connectivity index (χ0v) is 11.9. The second kappa shape index (κ2) is 6.26. The van der Waals surface area contributed by atoms with Gasteiger partial charge in [-0.3, -0.25) is 4.98 Å². The molecule has 7 heteroatoms. The molecule has 0 atom stereocenters. The van der Waals surface area contributed by atoms with Crippen molar-refractivity contribution in [2.24, 2.45) is 5.92 Å². The first-order chi connectivity index (χ1) is 9.86. The summed E-state index contributed by atoms with van der Waals surface area (Å²) in [5, 5.41) is 6.78. The summed E-state index contributed by atoms with van der Waals surface area (Å²) in [5.41, 5.74) is 0.415. The molecule has 2 heterocycles. The quantitative estimate of drug-likeness (QED) is 0.922. The van der Waals surface area contributed by atoms with Gasteiger partial charge in [0.15, 0.2) is 5.69 Å². The first-order valence-electron chi connectivity index (χ1n) is 6.65. The van der Waals surface area contributed by atoms with E-state index in [1.54, 1.807) is 18.3 Å². The van der Waals surface area contributed by atoms with Crippen molar-refractivity contribution in [3.8, 4) is 5.69 Å². The molecule has 0 spiro atoms. The van der Waals surface area contributed by atoms with Gasteiger partial charge >= 0.3 is 6.18 Å². The van der Waals surface area contributed by atoms with Gasteiger partial charge in [-0.25, -0.2) is 4.68 Å². The molecule has 114 valence electrons. The van der Waals surface area contributed by atoms with Crippen molar-refractivity contribution in [2.75, 3.05) is 6.54 Å². The van der Waals surface area contributed by atoms with Crippen molar-refractivity contribution in [3.63, 3.8) is 0 Å². The van der Waals surface area contributed by atoms with E-state index in [0.29, 0.717) is 18.2 Å². The summed E-state index contributed by atoms with van der Waals surface area (Å²) in [5.74, 6) is 0.522. The minimum atomic E-state index is -4.43. The van der Waals surface area contributed by atoms with Crippen LogP contribution in [0, 0.1) is 5.92 Å². The Labute approximate surface area is 121 Å². The Hall–Kier alpha value is -1.89. The van der Waals surface area contributed by atoms with Crippen LogP contribution in [-0.2, 0) is 12.7 Å². The van der Waals surface area contributed by atoms with E-state index in [1.807, 2.05) is 0 Å². The first-order valence-corrected chi connectivity index (χ1v) is 6.65. The molecule has 0 bridgehead atoms. The minimum Gasteiger partial charge on any atom is -0.311 e. The van der Waals surface area contributed by atoms with Gasteiger partial charge in [0.05, 0.1) is 11.4 Å². The Morgan fingerprint density at radius 3 is 2.67 bits per heavy atom. The predicted molar refractivity (Wildman–Crippen MR) is 72.9 cm³/mol. The summed E-state index contributed by atoms with van der Waals surface area (Å²) in [6.45, 7) is 5.61. The third kappa shape index (κ3) is 4.29. The zero-order chi connectivity index (χ0) is 15.5. The predicted octanol–water partition coefficient (Wildman–Crippen LogP) is 3.03. The van der Waals surface area contributed by atoms with Crippen LogP contribution in [0.5, 0.6) is 0 Å². The molecule has 0 fully saturated rings.